The lowest BCUT2D eigenvalue weighted by molar-refractivity contribution is -0.116. The molecule has 40 heavy (non-hydrogen) atoms. The average molecular weight is 585 g/mol. The summed E-state index contributed by atoms with van der Waals surface area (Å²) in [6.07, 6.45) is 4.71. The monoisotopic (exact) mass is 584 g/mol. The van der Waals surface area contributed by atoms with Gasteiger partial charge in [-0.25, -0.2) is 4.98 Å². The van der Waals surface area contributed by atoms with Gasteiger partial charge in [-0.1, -0.05) is 23.2 Å². The largest absolute Gasteiger partial charge is 0.506 e. The molecular weight excluding hydrogens is 559 g/mol. The highest BCUT2D eigenvalue weighted by Gasteiger charge is 2.23. The fourth-order valence-corrected chi connectivity index (χ4v) is 5.16. The number of aromatic hydroxyl groups is 1. The molecule has 4 aromatic rings. The first-order valence-corrected chi connectivity index (χ1v) is 13.1. The molecule has 13 heteroatoms. The van der Waals surface area contributed by atoms with Gasteiger partial charge >= 0.3 is 0 Å². The minimum atomic E-state index is -0.877. The molecule has 208 valence electrons. The van der Waals surface area contributed by atoms with Crippen molar-refractivity contribution in [3.63, 3.8) is 0 Å². The van der Waals surface area contributed by atoms with Gasteiger partial charge in [0.25, 0.3) is 11.5 Å². The van der Waals surface area contributed by atoms with Gasteiger partial charge in [0.2, 0.25) is 5.91 Å². The van der Waals surface area contributed by atoms with Gasteiger partial charge in [0.1, 0.15) is 18.1 Å². The highest BCUT2D eigenvalue weighted by molar-refractivity contribution is 6.34. The van der Waals surface area contributed by atoms with Gasteiger partial charge in [0.05, 0.1) is 57.7 Å². The molecule has 2 amide bonds. The number of nitrogens with two attached hydrogens (primary N) is 1. The van der Waals surface area contributed by atoms with Crippen LogP contribution in [0.5, 0.6) is 5.75 Å². The molecule has 0 spiro atoms. The number of hydrogen-bond acceptors (Lipinski definition) is 7. The Labute approximate surface area is 238 Å². The number of benzene rings is 1. The van der Waals surface area contributed by atoms with Crippen LogP contribution in [0.15, 0.2) is 47.7 Å². The fourth-order valence-electron chi connectivity index (χ4n) is 4.79. The van der Waals surface area contributed by atoms with Crippen LogP contribution in [0.25, 0.3) is 22.0 Å². The Kier molecular flexibility index (Phi) is 7.45. The summed E-state index contributed by atoms with van der Waals surface area (Å²) >= 11 is 12.5. The molecule has 1 aromatic carbocycles. The Balaban J connectivity index is 1.50. The number of amides is 2. The highest BCUT2D eigenvalue weighted by atomic mass is 35.5. The summed E-state index contributed by atoms with van der Waals surface area (Å²) in [5.74, 6) is -1.05. The van der Waals surface area contributed by atoms with Crippen LogP contribution in [-0.4, -0.2) is 56.8 Å². The maximum atomic E-state index is 13.2. The maximum absolute atomic E-state index is 13.2. The summed E-state index contributed by atoms with van der Waals surface area (Å²) in [6.45, 7) is 3.68. The Morgan fingerprint density at radius 1 is 1.25 bits per heavy atom. The van der Waals surface area contributed by atoms with E-state index in [9.17, 15) is 19.5 Å². The molecule has 1 fully saturated rings. The Hall–Kier alpha value is -4.06. The molecule has 0 radical (unpaired) electrons. The molecule has 0 unspecified atom stereocenters. The van der Waals surface area contributed by atoms with Gasteiger partial charge in [-0.15, -0.1) is 0 Å². The Morgan fingerprint density at radius 3 is 2.75 bits per heavy atom. The number of halogens is 2. The van der Waals surface area contributed by atoms with Gasteiger partial charge in [-0.05, 0) is 30.7 Å². The van der Waals surface area contributed by atoms with Crippen molar-refractivity contribution in [3.8, 4) is 16.9 Å². The minimum Gasteiger partial charge on any atom is -0.506 e. The second-order valence-corrected chi connectivity index (χ2v) is 10.4. The molecule has 1 aliphatic heterocycles. The van der Waals surface area contributed by atoms with Gasteiger partial charge in [-0.3, -0.25) is 14.4 Å². The summed E-state index contributed by atoms with van der Waals surface area (Å²) in [7, 11) is 1.60. The van der Waals surface area contributed by atoms with Crippen LogP contribution >= 0.6 is 23.2 Å². The van der Waals surface area contributed by atoms with E-state index >= 15 is 0 Å². The second-order valence-electron chi connectivity index (χ2n) is 9.57. The molecule has 5 rings (SSSR count). The molecular formula is C27H26Cl2N6O5. The number of nitrogens with zero attached hydrogens (tertiary/aromatic N) is 4. The van der Waals surface area contributed by atoms with Crippen molar-refractivity contribution in [3.05, 3.63) is 68.8 Å². The van der Waals surface area contributed by atoms with Crippen LogP contribution in [0.1, 0.15) is 17.3 Å². The third kappa shape index (κ3) is 5.10. The first-order chi connectivity index (χ1) is 19.0. The van der Waals surface area contributed by atoms with E-state index in [0.29, 0.717) is 53.3 Å². The van der Waals surface area contributed by atoms with Crippen molar-refractivity contribution in [2.45, 2.75) is 19.5 Å². The van der Waals surface area contributed by atoms with Crippen LogP contribution < -0.4 is 21.5 Å². The fraction of sp³-hybridized carbons (Fsp3) is 0.259. The third-order valence-corrected chi connectivity index (χ3v) is 7.43. The lowest BCUT2D eigenvalue weighted by Gasteiger charge is -2.34. The van der Waals surface area contributed by atoms with Crippen LogP contribution in [0.3, 0.4) is 0 Å². The topological polar surface area (TPSA) is 145 Å². The van der Waals surface area contributed by atoms with Crippen LogP contribution in [-0.2, 0) is 23.1 Å². The normalized spacial score (nSPS) is 15.4. The molecule has 1 saturated heterocycles. The number of carbonyl (C=O) groups excluding carboxylic acids is 2. The molecule has 1 atom stereocenters. The van der Waals surface area contributed by atoms with Crippen molar-refractivity contribution < 1.29 is 19.4 Å². The number of fused-ring (bicyclic) bond motifs is 1. The molecule has 3 aromatic heterocycles. The minimum absolute atomic E-state index is 0.101. The van der Waals surface area contributed by atoms with Crippen molar-refractivity contribution >= 4 is 57.4 Å². The van der Waals surface area contributed by atoms with E-state index in [0.717, 1.165) is 0 Å². The average Bonchev–Trinajstić information content (AvgIpc) is 3.27. The zero-order valence-electron chi connectivity index (χ0n) is 21.6. The van der Waals surface area contributed by atoms with E-state index in [1.165, 1.54) is 22.9 Å². The lowest BCUT2D eigenvalue weighted by Crippen LogP contribution is -2.44. The number of anilines is 2. The van der Waals surface area contributed by atoms with Crippen LogP contribution in [0.4, 0.5) is 11.5 Å². The van der Waals surface area contributed by atoms with E-state index in [1.54, 1.807) is 36.1 Å². The van der Waals surface area contributed by atoms with E-state index < -0.39 is 11.7 Å². The first kappa shape index (κ1) is 27.5. The van der Waals surface area contributed by atoms with E-state index in [4.69, 9.17) is 33.7 Å². The number of ether oxygens (including phenoxy) is 1. The van der Waals surface area contributed by atoms with Gasteiger partial charge in [-0.2, -0.15) is 0 Å². The Bertz CT molecular complexity index is 1720. The maximum Gasteiger partial charge on any atom is 0.260 e. The number of carbonyl (C=O) groups is 2. The number of hydrogen-bond donors (Lipinski definition) is 3. The quantitative estimate of drug-likeness (QED) is 0.315. The van der Waals surface area contributed by atoms with E-state index in [2.05, 4.69) is 15.2 Å². The molecule has 0 aliphatic carbocycles. The summed E-state index contributed by atoms with van der Waals surface area (Å²) in [5, 5.41) is 13.5. The van der Waals surface area contributed by atoms with E-state index in [1.807, 2.05) is 6.92 Å². The predicted molar refractivity (Wildman–Crippen MR) is 153 cm³/mol. The zero-order chi connectivity index (χ0) is 28.7. The summed E-state index contributed by atoms with van der Waals surface area (Å²) in [4.78, 5) is 44.8. The molecule has 4 heterocycles. The van der Waals surface area contributed by atoms with Gasteiger partial charge in [0.15, 0.2) is 0 Å². The third-order valence-electron chi connectivity index (χ3n) is 6.84. The summed E-state index contributed by atoms with van der Waals surface area (Å²) in [6, 6.07) is 6.34. The van der Waals surface area contributed by atoms with Crippen molar-refractivity contribution in [2.24, 2.45) is 12.8 Å². The summed E-state index contributed by atoms with van der Waals surface area (Å²) < 4.78 is 8.52. The number of morpholine rings is 1. The number of aryl methyl sites for hydroxylation is 1. The van der Waals surface area contributed by atoms with Crippen molar-refractivity contribution in [1.82, 2.24) is 14.1 Å². The number of rotatable bonds is 6. The number of nitrogens with one attached hydrogen (secondary N) is 1. The number of aromatic nitrogens is 3. The molecule has 11 nitrogen and oxygen atoms in total. The van der Waals surface area contributed by atoms with Gasteiger partial charge in [0, 0.05) is 37.6 Å². The summed E-state index contributed by atoms with van der Waals surface area (Å²) in [5.41, 5.74) is 6.59. The smallest absolute Gasteiger partial charge is 0.260 e. The lowest BCUT2D eigenvalue weighted by atomic mass is 10.0. The zero-order valence-corrected chi connectivity index (χ0v) is 23.2. The molecule has 1 aliphatic rings. The number of primary amides is 1. The Morgan fingerprint density at radius 2 is 2.02 bits per heavy atom. The van der Waals surface area contributed by atoms with Crippen LogP contribution in [0, 0.1) is 0 Å². The number of phenols is 1. The number of pyridine rings is 2. The SMILES string of the molecule is C[C@H]1COCCN1c1cc(NC(=O)Cn2cc(-c3cc(Cl)c(O)c(C(N)=O)c3)c3c(=O)n(C)ccc32)c(Cl)cn1. The molecule has 0 saturated carbocycles. The van der Waals surface area contributed by atoms with E-state index in [-0.39, 0.29) is 39.7 Å². The molecule has 4 N–H and O–H groups in total. The van der Waals surface area contributed by atoms with Gasteiger partial charge < -0.3 is 34.9 Å². The van der Waals surface area contributed by atoms with Crippen molar-refractivity contribution in [1.29, 1.82) is 0 Å². The first-order valence-electron chi connectivity index (χ1n) is 12.4. The standard InChI is InChI=1S/C27H26Cl2N6O5/c1-14-13-40-6-5-35(14)22-9-20(19(29)10-31-22)32-23(36)12-34-11-17(24-21(34)3-4-33(2)27(24)39)15-7-16(26(30)38)25(37)18(28)8-15/h3-4,7-11,14,37H,5-6,12-13H2,1-2H3,(H2,30,38)(H,31,32,36)/t14-/m0/s1. The second kappa shape index (κ2) is 10.8. The molecule has 0 bridgehead atoms. The predicted octanol–water partition coefficient (Wildman–Crippen LogP) is 3.38. The van der Waals surface area contributed by atoms with Crippen LogP contribution in [0.2, 0.25) is 10.0 Å². The van der Waals surface area contributed by atoms with Crippen molar-refractivity contribution in [2.75, 3.05) is 30.0 Å². The highest BCUT2D eigenvalue weighted by Crippen LogP contribution is 2.36.